The number of amides is 1. The Kier molecular flexibility index (Phi) is 5.72. The summed E-state index contributed by atoms with van der Waals surface area (Å²) in [5, 5.41) is 7.35. The van der Waals surface area contributed by atoms with E-state index in [0.29, 0.717) is 50.4 Å². The Bertz CT molecular complexity index is 1290. The Labute approximate surface area is 193 Å². The van der Waals surface area contributed by atoms with Gasteiger partial charge >= 0.3 is 0 Å². The molecule has 0 saturated carbocycles. The number of piperidine rings is 1. The van der Waals surface area contributed by atoms with Crippen LogP contribution in [0.25, 0.3) is 0 Å². The van der Waals surface area contributed by atoms with Crippen molar-refractivity contribution in [3.8, 4) is 0 Å². The number of nitrogens with one attached hydrogen (secondary N) is 1. The number of sulfonamides is 1. The maximum atomic E-state index is 12.9. The van der Waals surface area contributed by atoms with Gasteiger partial charge in [0.05, 0.1) is 6.54 Å². The zero-order valence-corrected chi connectivity index (χ0v) is 18.9. The number of amidine groups is 1. The highest BCUT2D eigenvalue weighted by molar-refractivity contribution is 7.90. The summed E-state index contributed by atoms with van der Waals surface area (Å²) < 4.78 is 30.6. The highest BCUT2D eigenvalue weighted by Gasteiger charge is 2.34. The lowest BCUT2D eigenvalue weighted by Gasteiger charge is -2.32. The van der Waals surface area contributed by atoms with E-state index in [0.717, 1.165) is 11.1 Å². The predicted octanol–water partition coefficient (Wildman–Crippen LogP) is 2.41. The van der Waals surface area contributed by atoms with E-state index in [1.807, 2.05) is 46.1 Å². The number of likely N-dealkylation sites (tertiary alicyclic amines) is 1. The van der Waals surface area contributed by atoms with Gasteiger partial charge in [0.25, 0.3) is 10.0 Å². The van der Waals surface area contributed by atoms with Crippen molar-refractivity contribution in [1.29, 1.82) is 0 Å². The molecule has 33 heavy (non-hydrogen) atoms. The van der Waals surface area contributed by atoms with Gasteiger partial charge in [-0.2, -0.15) is 13.5 Å². The summed E-state index contributed by atoms with van der Waals surface area (Å²) >= 11 is 0. The first kappa shape index (κ1) is 21.4. The van der Waals surface area contributed by atoms with Crippen LogP contribution in [0.4, 0.5) is 0 Å². The zero-order valence-electron chi connectivity index (χ0n) is 18.1. The maximum Gasteiger partial charge on any atom is 0.285 e. The van der Waals surface area contributed by atoms with Crippen LogP contribution in [0, 0.1) is 5.92 Å². The fourth-order valence-electron chi connectivity index (χ4n) is 4.45. The van der Waals surface area contributed by atoms with Crippen molar-refractivity contribution in [2.45, 2.75) is 30.8 Å². The third kappa shape index (κ3) is 4.41. The molecule has 3 aromatic rings. The third-order valence-electron chi connectivity index (χ3n) is 6.24. The molecule has 0 bridgehead atoms. The normalized spacial score (nSPS) is 17.5. The van der Waals surface area contributed by atoms with Crippen molar-refractivity contribution in [2.24, 2.45) is 10.3 Å². The number of carbonyl (C=O) groups excluding carboxylic acids is 1. The van der Waals surface area contributed by atoms with Gasteiger partial charge in [-0.15, -0.1) is 4.40 Å². The molecule has 2 aliphatic rings. The van der Waals surface area contributed by atoms with E-state index in [2.05, 4.69) is 20.9 Å². The van der Waals surface area contributed by atoms with Gasteiger partial charge in [-0.25, -0.2) is 0 Å². The predicted molar refractivity (Wildman–Crippen MR) is 124 cm³/mol. The molecule has 1 saturated heterocycles. The smallest absolute Gasteiger partial charge is 0.285 e. The largest absolute Gasteiger partial charge is 0.355 e. The van der Waals surface area contributed by atoms with Crippen molar-refractivity contribution in [3.63, 3.8) is 0 Å². The summed E-state index contributed by atoms with van der Waals surface area (Å²) in [5.41, 5.74) is 2.84. The van der Waals surface area contributed by atoms with Crippen molar-refractivity contribution in [1.82, 2.24) is 20.0 Å². The molecule has 0 spiro atoms. The van der Waals surface area contributed by atoms with Crippen molar-refractivity contribution in [2.75, 3.05) is 13.1 Å². The summed E-state index contributed by atoms with van der Waals surface area (Å²) in [4.78, 5) is 15.1. The van der Waals surface area contributed by atoms with E-state index in [4.69, 9.17) is 0 Å². The molecule has 0 aliphatic carbocycles. The molecule has 9 heteroatoms. The van der Waals surface area contributed by atoms with E-state index < -0.39 is 10.0 Å². The molecular formula is C24H25N5O3S. The van der Waals surface area contributed by atoms with Gasteiger partial charge in [0, 0.05) is 43.5 Å². The van der Waals surface area contributed by atoms with Gasteiger partial charge in [0.2, 0.25) is 5.91 Å². The van der Waals surface area contributed by atoms with Gasteiger partial charge in [0.15, 0.2) is 5.84 Å². The van der Waals surface area contributed by atoms with Crippen LogP contribution in [0.1, 0.15) is 29.5 Å². The Morgan fingerprint density at radius 2 is 1.73 bits per heavy atom. The Balaban J connectivity index is 1.19. The molecule has 5 rings (SSSR count). The first-order valence-electron chi connectivity index (χ1n) is 11.0. The first-order valence-corrected chi connectivity index (χ1v) is 12.5. The molecule has 1 N–H and O–H groups in total. The molecule has 0 atom stereocenters. The molecular weight excluding hydrogens is 438 g/mol. The molecule has 8 nitrogen and oxygen atoms in total. The van der Waals surface area contributed by atoms with Gasteiger partial charge in [-0.3, -0.25) is 9.48 Å². The van der Waals surface area contributed by atoms with Crippen LogP contribution in [0.3, 0.4) is 0 Å². The summed E-state index contributed by atoms with van der Waals surface area (Å²) in [5.74, 6) is 0.426. The Hall–Kier alpha value is -3.46. The SMILES string of the molecule is O=C(NCc1ccccc1Cn1cccn1)C1CCN(C2=NS(=O)(=O)c3ccccc32)CC1. The number of fused-ring (bicyclic) bond motifs is 1. The summed E-state index contributed by atoms with van der Waals surface area (Å²) in [6, 6.07) is 16.8. The highest BCUT2D eigenvalue weighted by Crippen LogP contribution is 2.29. The number of nitrogens with zero attached hydrogens (tertiary/aromatic N) is 4. The van der Waals surface area contributed by atoms with Crippen LogP contribution in [0.5, 0.6) is 0 Å². The minimum atomic E-state index is -3.64. The number of aromatic nitrogens is 2. The second kappa shape index (κ2) is 8.82. The molecule has 0 unspecified atom stereocenters. The van der Waals surface area contributed by atoms with Crippen LogP contribution in [0.2, 0.25) is 0 Å². The van der Waals surface area contributed by atoms with Crippen molar-refractivity contribution in [3.05, 3.63) is 83.7 Å². The van der Waals surface area contributed by atoms with Crippen LogP contribution >= 0.6 is 0 Å². The average molecular weight is 464 g/mol. The van der Waals surface area contributed by atoms with Gasteiger partial charge in [-0.05, 0) is 42.2 Å². The van der Waals surface area contributed by atoms with E-state index in [9.17, 15) is 13.2 Å². The standard InChI is InChI=1S/C24H25N5O3S/c30-24(25-16-19-6-1-2-7-20(19)17-29-13-5-12-26-29)18-10-14-28(15-11-18)23-21-8-3-4-9-22(21)33(31,32)27-23/h1-9,12-13,18H,10-11,14-17H2,(H,25,30). The minimum absolute atomic E-state index is 0.0323. The monoisotopic (exact) mass is 463 g/mol. The lowest BCUT2D eigenvalue weighted by Crippen LogP contribution is -2.43. The zero-order chi connectivity index (χ0) is 22.8. The second-order valence-electron chi connectivity index (χ2n) is 8.34. The third-order valence-corrected chi connectivity index (χ3v) is 7.57. The molecule has 1 amide bonds. The van der Waals surface area contributed by atoms with Crippen LogP contribution in [0.15, 0.2) is 76.3 Å². The summed E-state index contributed by atoms with van der Waals surface area (Å²) in [6.07, 6.45) is 4.98. The van der Waals surface area contributed by atoms with Crippen LogP contribution in [-0.4, -0.2) is 47.9 Å². The van der Waals surface area contributed by atoms with Crippen molar-refractivity contribution < 1.29 is 13.2 Å². The number of rotatable bonds is 5. The van der Waals surface area contributed by atoms with Crippen LogP contribution < -0.4 is 5.32 Å². The molecule has 2 aliphatic heterocycles. The maximum absolute atomic E-state index is 12.9. The van der Waals surface area contributed by atoms with Crippen molar-refractivity contribution >= 4 is 21.8 Å². The summed E-state index contributed by atoms with van der Waals surface area (Å²) in [6.45, 7) is 2.31. The van der Waals surface area contributed by atoms with E-state index >= 15 is 0 Å². The molecule has 170 valence electrons. The Morgan fingerprint density at radius 3 is 2.48 bits per heavy atom. The van der Waals surface area contributed by atoms with Gasteiger partial charge in [-0.1, -0.05) is 36.4 Å². The fraction of sp³-hybridized carbons (Fsp3) is 0.292. The lowest BCUT2D eigenvalue weighted by molar-refractivity contribution is -0.126. The second-order valence-corrected chi connectivity index (χ2v) is 9.91. The molecule has 1 fully saturated rings. The van der Waals surface area contributed by atoms with Gasteiger partial charge in [0.1, 0.15) is 4.90 Å². The number of hydrogen-bond acceptors (Lipinski definition) is 5. The van der Waals surface area contributed by atoms with Crippen LogP contribution in [-0.2, 0) is 27.9 Å². The number of carbonyl (C=O) groups is 1. The van der Waals surface area contributed by atoms with E-state index in [1.54, 1.807) is 24.4 Å². The molecule has 0 radical (unpaired) electrons. The first-order chi connectivity index (χ1) is 16.0. The Morgan fingerprint density at radius 1 is 1.00 bits per heavy atom. The molecule has 3 heterocycles. The molecule has 2 aromatic carbocycles. The highest BCUT2D eigenvalue weighted by atomic mass is 32.2. The molecule has 1 aromatic heterocycles. The minimum Gasteiger partial charge on any atom is -0.355 e. The van der Waals surface area contributed by atoms with E-state index in [1.165, 1.54) is 0 Å². The van der Waals surface area contributed by atoms with E-state index in [-0.39, 0.29) is 16.7 Å². The lowest BCUT2D eigenvalue weighted by atomic mass is 9.95. The fourth-order valence-corrected chi connectivity index (χ4v) is 5.68. The van der Waals surface area contributed by atoms with Gasteiger partial charge < -0.3 is 10.2 Å². The quantitative estimate of drug-likeness (QED) is 0.627. The number of hydrogen-bond donors (Lipinski definition) is 1. The summed E-state index contributed by atoms with van der Waals surface area (Å²) in [7, 11) is -3.64. The topological polar surface area (TPSA) is 96.7 Å². The average Bonchev–Trinajstić information content (AvgIpc) is 3.44. The number of benzene rings is 2.